The molecular formula is C18H20N4O3. The molecule has 130 valence electrons. The normalized spacial score (nSPS) is 22.0. The van der Waals surface area contributed by atoms with Gasteiger partial charge in [0.05, 0.1) is 5.69 Å². The van der Waals surface area contributed by atoms with Gasteiger partial charge in [0.25, 0.3) is 11.8 Å². The molecule has 1 unspecified atom stereocenters. The maximum atomic E-state index is 12.6. The summed E-state index contributed by atoms with van der Waals surface area (Å²) >= 11 is 0. The molecule has 7 nitrogen and oxygen atoms in total. The monoisotopic (exact) mass is 340 g/mol. The maximum Gasteiger partial charge on any atom is 0.272 e. The molecule has 1 aliphatic heterocycles. The van der Waals surface area contributed by atoms with Crippen molar-refractivity contribution in [3.63, 3.8) is 0 Å². The SMILES string of the molecule is CC1CCc2c(C(=O)N[C@H]3COc4ccccc4NC3=O)n[nH]c2C1. The van der Waals surface area contributed by atoms with E-state index in [0.717, 1.165) is 30.5 Å². The van der Waals surface area contributed by atoms with Gasteiger partial charge < -0.3 is 15.4 Å². The van der Waals surface area contributed by atoms with Crippen LogP contribution < -0.4 is 15.4 Å². The summed E-state index contributed by atoms with van der Waals surface area (Å²) in [6.07, 6.45) is 2.77. The topological polar surface area (TPSA) is 96.1 Å². The van der Waals surface area contributed by atoms with Gasteiger partial charge in [0.1, 0.15) is 18.4 Å². The molecule has 0 spiro atoms. The van der Waals surface area contributed by atoms with E-state index in [2.05, 4.69) is 27.8 Å². The molecule has 2 aromatic rings. The number of hydrogen-bond donors (Lipinski definition) is 3. The summed E-state index contributed by atoms with van der Waals surface area (Å²) < 4.78 is 5.65. The van der Waals surface area contributed by atoms with Gasteiger partial charge >= 0.3 is 0 Å². The number of benzene rings is 1. The summed E-state index contributed by atoms with van der Waals surface area (Å²) in [6, 6.07) is 6.43. The van der Waals surface area contributed by atoms with Crippen LogP contribution in [0.3, 0.4) is 0 Å². The first-order valence-electron chi connectivity index (χ1n) is 8.51. The van der Waals surface area contributed by atoms with Gasteiger partial charge in [0, 0.05) is 11.3 Å². The van der Waals surface area contributed by atoms with Crippen molar-refractivity contribution >= 4 is 17.5 Å². The van der Waals surface area contributed by atoms with E-state index in [1.165, 1.54) is 0 Å². The Balaban J connectivity index is 1.49. The van der Waals surface area contributed by atoms with Crippen LogP contribution in [0.2, 0.25) is 0 Å². The van der Waals surface area contributed by atoms with Crippen LogP contribution in [0.1, 0.15) is 35.1 Å². The fourth-order valence-corrected chi connectivity index (χ4v) is 3.37. The lowest BCUT2D eigenvalue weighted by atomic mass is 9.88. The number of anilines is 1. The molecule has 0 bridgehead atoms. The van der Waals surface area contributed by atoms with E-state index >= 15 is 0 Å². The molecule has 1 aromatic heterocycles. The molecule has 0 radical (unpaired) electrons. The molecule has 7 heteroatoms. The Morgan fingerprint density at radius 3 is 3.08 bits per heavy atom. The summed E-state index contributed by atoms with van der Waals surface area (Å²) in [4.78, 5) is 25.0. The minimum absolute atomic E-state index is 0.0816. The lowest BCUT2D eigenvalue weighted by Gasteiger charge is -2.18. The van der Waals surface area contributed by atoms with Gasteiger partial charge in [-0.1, -0.05) is 19.1 Å². The lowest BCUT2D eigenvalue weighted by molar-refractivity contribution is -0.118. The van der Waals surface area contributed by atoms with Crippen molar-refractivity contribution in [2.45, 2.75) is 32.2 Å². The summed E-state index contributed by atoms with van der Waals surface area (Å²) in [6.45, 7) is 2.27. The third kappa shape index (κ3) is 2.97. The van der Waals surface area contributed by atoms with E-state index in [9.17, 15) is 9.59 Å². The quantitative estimate of drug-likeness (QED) is 0.775. The molecule has 4 rings (SSSR count). The minimum atomic E-state index is -0.769. The van der Waals surface area contributed by atoms with Crippen molar-refractivity contribution in [1.29, 1.82) is 0 Å². The van der Waals surface area contributed by atoms with Crippen LogP contribution in [0, 0.1) is 5.92 Å². The Kier molecular flexibility index (Phi) is 3.91. The molecule has 0 saturated heterocycles. The molecule has 25 heavy (non-hydrogen) atoms. The Labute approximate surface area is 145 Å². The number of carbonyl (C=O) groups is 2. The summed E-state index contributed by atoms with van der Waals surface area (Å²) in [5.74, 6) is 0.542. The molecule has 1 aliphatic carbocycles. The second-order valence-electron chi connectivity index (χ2n) is 6.70. The standard InChI is InChI=1S/C18H20N4O3/c1-10-6-7-11-13(8-10)21-22-16(11)18(24)20-14-9-25-15-5-3-2-4-12(15)19-17(14)23/h2-5,10,14H,6-9H2,1H3,(H,19,23)(H,20,24)(H,21,22)/t10?,14-/m0/s1. The molecule has 2 aliphatic rings. The molecular weight excluding hydrogens is 320 g/mol. The van der Waals surface area contributed by atoms with E-state index < -0.39 is 6.04 Å². The van der Waals surface area contributed by atoms with Gasteiger partial charge in [0.2, 0.25) is 0 Å². The van der Waals surface area contributed by atoms with Gasteiger partial charge in [-0.25, -0.2) is 0 Å². The maximum absolute atomic E-state index is 12.6. The van der Waals surface area contributed by atoms with Crippen LogP contribution in [0.5, 0.6) is 5.75 Å². The van der Waals surface area contributed by atoms with Gasteiger partial charge in [0.15, 0.2) is 5.69 Å². The van der Waals surface area contributed by atoms with Crippen LogP contribution in [-0.2, 0) is 17.6 Å². The van der Waals surface area contributed by atoms with Gasteiger partial charge in [-0.15, -0.1) is 0 Å². The minimum Gasteiger partial charge on any atom is -0.489 e. The Morgan fingerprint density at radius 2 is 2.20 bits per heavy atom. The van der Waals surface area contributed by atoms with Crippen LogP contribution >= 0.6 is 0 Å². The number of rotatable bonds is 2. The van der Waals surface area contributed by atoms with Crippen molar-refractivity contribution in [2.75, 3.05) is 11.9 Å². The van der Waals surface area contributed by atoms with Crippen molar-refractivity contribution < 1.29 is 14.3 Å². The van der Waals surface area contributed by atoms with E-state index in [4.69, 9.17) is 4.74 Å². The van der Waals surface area contributed by atoms with Crippen LogP contribution in [0.25, 0.3) is 0 Å². The molecule has 2 atom stereocenters. The Hall–Kier alpha value is -2.83. The first-order valence-corrected chi connectivity index (χ1v) is 8.51. The summed E-state index contributed by atoms with van der Waals surface area (Å²) in [5.41, 5.74) is 2.98. The fraction of sp³-hybridized carbons (Fsp3) is 0.389. The second-order valence-corrected chi connectivity index (χ2v) is 6.70. The third-order valence-electron chi connectivity index (χ3n) is 4.78. The van der Waals surface area contributed by atoms with E-state index in [1.807, 2.05) is 12.1 Å². The van der Waals surface area contributed by atoms with Crippen molar-refractivity contribution in [3.05, 3.63) is 41.2 Å². The first kappa shape index (κ1) is 15.7. The smallest absolute Gasteiger partial charge is 0.272 e. The van der Waals surface area contributed by atoms with Crippen molar-refractivity contribution in [3.8, 4) is 5.75 Å². The molecule has 2 amide bonds. The van der Waals surface area contributed by atoms with Crippen molar-refractivity contribution in [1.82, 2.24) is 15.5 Å². The molecule has 1 aromatic carbocycles. The Morgan fingerprint density at radius 1 is 1.36 bits per heavy atom. The van der Waals surface area contributed by atoms with Gasteiger partial charge in [-0.3, -0.25) is 14.7 Å². The van der Waals surface area contributed by atoms with Gasteiger partial charge in [-0.05, 0) is 37.3 Å². The van der Waals surface area contributed by atoms with E-state index in [1.54, 1.807) is 12.1 Å². The highest BCUT2D eigenvalue weighted by molar-refractivity contribution is 6.02. The highest BCUT2D eigenvalue weighted by atomic mass is 16.5. The largest absolute Gasteiger partial charge is 0.489 e. The number of nitrogens with zero attached hydrogens (tertiary/aromatic N) is 1. The number of nitrogens with one attached hydrogen (secondary N) is 3. The number of aromatic amines is 1. The number of H-pyrrole nitrogens is 1. The van der Waals surface area contributed by atoms with E-state index in [-0.39, 0.29) is 18.4 Å². The molecule has 2 heterocycles. The van der Waals surface area contributed by atoms with E-state index in [0.29, 0.717) is 23.0 Å². The van der Waals surface area contributed by atoms with Crippen LogP contribution in [0.15, 0.2) is 24.3 Å². The Bertz CT molecular complexity index is 829. The van der Waals surface area contributed by atoms with Crippen LogP contribution in [0.4, 0.5) is 5.69 Å². The fourth-order valence-electron chi connectivity index (χ4n) is 3.37. The predicted octanol–water partition coefficient (Wildman–Crippen LogP) is 1.66. The average Bonchev–Trinajstić information content (AvgIpc) is 2.95. The summed E-state index contributed by atoms with van der Waals surface area (Å²) in [7, 11) is 0. The lowest BCUT2D eigenvalue weighted by Crippen LogP contribution is -2.46. The molecule has 0 saturated carbocycles. The zero-order valence-corrected chi connectivity index (χ0v) is 14.0. The number of amides is 2. The van der Waals surface area contributed by atoms with Crippen LogP contribution in [-0.4, -0.2) is 34.7 Å². The van der Waals surface area contributed by atoms with Gasteiger partial charge in [-0.2, -0.15) is 5.10 Å². The molecule has 0 fully saturated rings. The number of fused-ring (bicyclic) bond motifs is 2. The number of ether oxygens (including phenoxy) is 1. The number of carbonyl (C=O) groups excluding carboxylic acids is 2. The number of hydrogen-bond acceptors (Lipinski definition) is 4. The summed E-state index contributed by atoms with van der Waals surface area (Å²) in [5, 5.41) is 12.7. The zero-order chi connectivity index (χ0) is 17.4. The number of aromatic nitrogens is 2. The molecule has 3 N–H and O–H groups in total. The predicted molar refractivity (Wildman–Crippen MR) is 91.6 cm³/mol. The van der Waals surface area contributed by atoms with Crippen molar-refractivity contribution in [2.24, 2.45) is 5.92 Å². The zero-order valence-electron chi connectivity index (χ0n) is 14.0. The third-order valence-corrected chi connectivity index (χ3v) is 4.78. The highest BCUT2D eigenvalue weighted by Crippen LogP contribution is 2.27. The second kappa shape index (κ2) is 6.23. The average molecular weight is 340 g/mol. The highest BCUT2D eigenvalue weighted by Gasteiger charge is 2.30. The first-order chi connectivity index (χ1) is 12.1. The number of para-hydroxylation sites is 2.